The molecular formula is C14H9Cl2N5S. The monoisotopic (exact) mass is 349 g/mol. The van der Waals surface area contributed by atoms with Crippen LogP contribution in [0, 0.1) is 4.77 Å². The third-order valence-electron chi connectivity index (χ3n) is 2.82. The Bertz CT molecular complexity index is 886. The molecule has 0 aliphatic heterocycles. The molecule has 5 nitrogen and oxygen atoms in total. The highest BCUT2D eigenvalue weighted by atomic mass is 35.5. The van der Waals surface area contributed by atoms with Crippen molar-refractivity contribution in [3.05, 3.63) is 63.1 Å². The number of aromatic nitrogens is 4. The van der Waals surface area contributed by atoms with Gasteiger partial charge in [0, 0.05) is 16.8 Å². The normalized spacial score (nSPS) is 11.2. The van der Waals surface area contributed by atoms with E-state index in [2.05, 4.69) is 20.3 Å². The fraction of sp³-hybridized carbons (Fsp3) is 0. The minimum atomic E-state index is 0.355. The first-order valence-electron chi connectivity index (χ1n) is 6.23. The van der Waals surface area contributed by atoms with Crippen molar-refractivity contribution in [2.45, 2.75) is 0 Å². The smallest absolute Gasteiger partial charge is 0.216 e. The summed E-state index contributed by atoms with van der Waals surface area (Å²) in [4.78, 5) is 4.17. The SMILES string of the molecule is S=c1[nH]nc(-c2ccc(Cl)cc2Cl)n1N=Cc1ccccn1. The van der Waals surface area contributed by atoms with Gasteiger partial charge >= 0.3 is 0 Å². The van der Waals surface area contributed by atoms with E-state index in [1.54, 1.807) is 30.6 Å². The number of benzene rings is 1. The molecule has 0 aliphatic carbocycles. The predicted octanol–water partition coefficient (Wildman–Crippen LogP) is 4.19. The fourth-order valence-electron chi connectivity index (χ4n) is 1.81. The van der Waals surface area contributed by atoms with E-state index in [-0.39, 0.29) is 0 Å². The molecule has 3 rings (SSSR count). The van der Waals surface area contributed by atoms with Crippen LogP contribution in [0.3, 0.4) is 0 Å². The highest BCUT2D eigenvalue weighted by Gasteiger charge is 2.12. The van der Waals surface area contributed by atoms with Crippen LogP contribution < -0.4 is 0 Å². The molecule has 0 saturated carbocycles. The average molecular weight is 350 g/mol. The first-order valence-corrected chi connectivity index (χ1v) is 7.40. The lowest BCUT2D eigenvalue weighted by atomic mass is 10.2. The third-order valence-corrected chi connectivity index (χ3v) is 3.63. The molecule has 0 amide bonds. The van der Waals surface area contributed by atoms with Crippen LogP contribution in [0.4, 0.5) is 0 Å². The molecule has 1 N–H and O–H groups in total. The summed E-state index contributed by atoms with van der Waals surface area (Å²) in [6.07, 6.45) is 3.28. The summed E-state index contributed by atoms with van der Waals surface area (Å²) in [6, 6.07) is 10.7. The molecule has 3 aromatic rings. The summed E-state index contributed by atoms with van der Waals surface area (Å²) in [7, 11) is 0. The summed E-state index contributed by atoms with van der Waals surface area (Å²) in [6.45, 7) is 0. The van der Waals surface area contributed by atoms with Gasteiger partial charge in [0.25, 0.3) is 0 Å². The molecule has 0 saturated heterocycles. The molecule has 0 spiro atoms. The third kappa shape index (κ3) is 3.09. The highest BCUT2D eigenvalue weighted by Crippen LogP contribution is 2.29. The Morgan fingerprint density at radius 3 is 2.82 bits per heavy atom. The predicted molar refractivity (Wildman–Crippen MR) is 90.1 cm³/mol. The molecule has 0 atom stereocenters. The van der Waals surface area contributed by atoms with E-state index in [9.17, 15) is 0 Å². The Labute approximate surface area is 141 Å². The number of rotatable bonds is 3. The minimum absolute atomic E-state index is 0.355. The van der Waals surface area contributed by atoms with E-state index in [0.717, 1.165) is 0 Å². The maximum atomic E-state index is 6.21. The van der Waals surface area contributed by atoms with Crippen molar-refractivity contribution in [1.82, 2.24) is 19.9 Å². The largest absolute Gasteiger partial charge is 0.255 e. The number of pyridine rings is 1. The van der Waals surface area contributed by atoms with Crippen molar-refractivity contribution < 1.29 is 0 Å². The van der Waals surface area contributed by atoms with Gasteiger partial charge in [-0.25, -0.2) is 5.10 Å². The van der Waals surface area contributed by atoms with Crippen molar-refractivity contribution in [1.29, 1.82) is 0 Å². The quantitative estimate of drug-likeness (QED) is 0.569. The molecule has 0 radical (unpaired) electrons. The molecule has 22 heavy (non-hydrogen) atoms. The van der Waals surface area contributed by atoms with Crippen molar-refractivity contribution in [2.75, 3.05) is 0 Å². The minimum Gasteiger partial charge on any atom is -0.255 e. The van der Waals surface area contributed by atoms with Crippen LogP contribution in [0.25, 0.3) is 11.4 Å². The second-order valence-electron chi connectivity index (χ2n) is 4.29. The van der Waals surface area contributed by atoms with E-state index in [4.69, 9.17) is 35.4 Å². The lowest BCUT2D eigenvalue weighted by Gasteiger charge is -2.03. The Kier molecular flexibility index (Phi) is 4.33. The number of H-pyrrole nitrogens is 1. The van der Waals surface area contributed by atoms with Gasteiger partial charge in [-0.15, -0.1) is 0 Å². The first-order chi connectivity index (χ1) is 10.6. The summed E-state index contributed by atoms with van der Waals surface area (Å²) >= 11 is 17.3. The fourth-order valence-corrected chi connectivity index (χ4v) is 2.49. The van der Waals surface area contributed by atoms with Crippen LogP contribution in [0.5, 0.6) is 0 Å². The van der Waals surface area contributed by atoms with Crippen molar-refractivity contribution >= 4 is 41.6 Å². The summed E-state index contributed by atoms with van der Waals surface area (Å²) in [5.41, 5.74) is 1.38. The zero-order valence-corrected chi connectivity index (χ0v) is 13.4. The van der Waals surface area contributed by atoms with Crippen molar-refractivity contribution in [2.24, 2.45) is 5.10 Å². The summed E-state index contributed by atoms with van der Waals surface area (Å²) in [5.74, 6) is 0.499. The van der Waals surface area contributed by atoms with E-state index in [1.807, 2.05) is 18.2 Å². The number of halogens is 2. The number of hydrogen-bond donors (Lipinski definition) is 1. The molecular weight excluding hydrogens is 341 g/mol. The Hall–Kier alpha value is -2.02. The van der Waals surface area contributed by atoms with Gasteiger partial charge in [-0.05, 0) is 42.5 Å². The maximum absolute atomic E-state index is 6.21. The van der Waals surface area contributed by atoms with Gasteiger partial charge < -0.3 is 0 Å². The average Bonchev–Trinajstić information content (AvgIpc) is 2.87. The molecule has 0 bridgehead atoms. The van der Waals surface area contributed by atoms with E-state index in [1.165, 1.54) is 4.68 Å². The van der Waals surface area contributed by atoms with Crippen LogP contribution in [0.2, 0.25) is 10.0 Å². The first kappa shape index (κ1) is 14.9. The number of nitrogens with one attached hydrogen (secondary N) is 1. The van der Waals surface area contributed by atoms with E-state index >= 15 is 0 Å². The Morgan fingerprint density at radius 1 is 1.23 bits per heavy atom. The van der Waals surface area contributed by atoms with Crippen LogP contribution >= 0.6 is 35.4 Å². The lowest BCUT2D eigenvalue weighted by Crippen LogP contribution is -1.96. The second kappa shape index (κ2) is 6.39. The maximum Gasteiger partial charge on any atom is 0.216 e. The van der Waals surface area contributed by atoms with Gasteiger partial charge in [-0.1, -0.05) is 29.3 Å². The molecule has 110 valence electrons. The Balaban J connectivity index is 2.05. The van der Waals surface area contributed by atoms with Gasteiger partial charge in [-0.3, -0.25) is 4.98 Å². The van der Waals surface area contributed by atoms with Gasteiger partial charge in [0.2, 0.25) is 4.77 Å². The summed E-state index contributed by atoms with van der Waals surface area (Å²) in [5, 5.41) is 12.2. The zero-order valence-electron chi connectivity index (χ0n) is 11.1. The number of nitrogens with zero attached hydrogens (tertiary/aromatic N) is 4. The highest BCUT2D eigenvalue weighted by molar-refractivity contribution is 7.71. The summed E-state index contributed by atoms with van der Waals surface area (Å²) < 4.78 is 1.84. The molecule has 0 aliphatic rings. The van der Waals surface area contributed by atoms with Crippen LogP contribution in [-0.2, 0) is 0 Å². The van der Waals surface area contributed by atoms with Gasteiger partial charge in [0.05, 0.1) is 16.9 Å². The molecule has 2 aromatic heterocycles. The van der Waals surface area contributed by atoms with Gasteiger partial charge in [-0.2, -0.15) is 14.9 Å². The van der Waals surface area contributed by atoms with Crippen LogP contribution in [0.15, 0.2) is 47.7 Å². The molecule has 2 heterocycles. The zero-order chi connectivity index (χ0) is 15.5. The topological polar surface area (TPSA) is 58.9 Å². The van der Waals surface area contributed by atoms with Crippen LogP contribution in [0.1, 0.15) is 5.69 Å². The van der Waals surface area contributed by atoms with Gasteiger partial charge in [0.15, 0.2) is 5.82 Å². The molecule has 1 aromatic carbocycles. The number of hydrogen-bond acceptors (Lipinski definition) is 4. The van der Waals surface area contributed by atoms with Crippen molar-refractivity contribution in [3.8, 4) is 11.4 Å². The van der Waals surface area contributed by atoms with Gasteiger partial charge in [0.1, 0.15) is 0 Å². The Morgan fingerprint density at radius 2 is 2.09 bits per heavy atom. The number of aromatic amines is 1. The van der Waals surface area contributed by atoms with E-state index in [0.29, 0.717) is 31.9 Å². The lowest BCUT2D eigenvalue weighted by molar-refractivity contribution is 0.870. The van der Waals surface area contributed by atoms with Crippen molar-refractivity contribution in [3.63, 3.8) is 0 Å². The second-order valence-corrected chi connectivity index (χ2v) is 5.52. The molecule has 8 heteroatoms. The van der Waals surface area contributed by atoms with E-state index < -0.39 is 0 Å². The van der Waals surface area contributed by atoms with Crippen LogP contribution in [-0.4, -0.2) is 26.1 Å². The standard InChI is InChI=1S/C14H9Cl2N5S/c15-9-4-5-11(12(16)7-9)13-19-20-14(22)21(13)18-8-10-3-1-2-6-17-10/h1-8H,(H,20,22). The molecule has 0 unspecified atom stereocenters. The molecule has 0 fully saturated rings.